The number of ketones is 1. The van der Waals surface area contributed by atoms with Crippen LogP contribution in [0.25, 0.3) is 0 Å². The number of carbonyl (C=O) groups is 2. The third kappa shape index (κ3) is 3.42. The molecule has 0 radical (unpaired) electrons. The van der Waals surface area contributed by atoms with Gasteiger partial charge in [0.05, 0.1) is 6.42 Å². The van der Waals surface area contributed by atoms with Gasteiger partial charge in [-0.3, -0.25) is 9.59 Å². The first-order valence-electron chi connectivity index (χ1n) is 6.48. The summed E-state index contributed by atoms with van der Waals surface area (Å²) < 4.78 is 0. The van der Waals surface area contributed by atoms with E-state index < -0.39 is 0 Å². The molecule has 98 valence electrons. The summed E-state index contributed by atoms with van der Waals surface area (Å²) in [5.74, 6) is 0.347. The Morgan fingerprint density at radius 1 is 1.44 bits per heavy atom. The number of likely N-dealkylation sites (tertiary alicyclic amines) is 1. The molecule has 0 N–H and O–H groups in total. The van der Waals surface area contributed by atoms with E-state index in [1.165, 1.54) is 0 Å². The van der Waals surface area contributed by atoms with Crippen LogP contribution in [0.5, 0.6) is 0 Å². The van der Waals surface area contributed by atoms with Gasteiger partial charge >= 0.3 is 0 Å². The summed E-state index contributed by atoms with van der Waals surface area (Å²) in [6.45, 7) is 2.42. The van der Waals surface area contributed by atoms with Gasteiger partial charge in [-0.15, -0.1) is 11.3 Å². The van der Waals surface area contributed by atoms with E-state index in [1.54, 1.807) is 18.3 Å². The van der Waals surface area contributed by atoms with Crippen LogP contribution in [-0.2, 0) is 16.0 Å². The molecule has 1 saturated heterocycles. The lowest BCUT2D eigenvalue weighted by molar-refractivity contribution is -0.135. The van der Waals surface area contributed by atoms with Gasteiger partial charge in [-0.1, -0.05) is 6.07 Å². The second-order valence-corrected chi connectivity index (χ2v) is 5.93. The molecule has 2 heterocycles. The minimum atomic E-state index is 0.128. The molecule has 1 aromatic rings. The quantitative estimate of drug-likeness (QED) is 0.839. The van der Waals surface area contributed by atoms with Crippen LogP contribution in [0.1, 0.15) is 37.5 Å². The highest BCUT2D eigenvalue weighted by molar-refractivity contribution is 7.10. The molecule has 2 rings (SSSR count). The van der Waals surface area contributed by atoms with Gasteiger partial charge in [0.2, 0.25) is 5.91 Å². The molecule has 1 unspecified atom stereocenters. The van der Waals surface area contributed by atoms with Crippen LogP contribution in [0.4, 0.5) is 0 Å². The van der Waals surface area contributed by atoms with Crippen molar-refractivity contribution < 1.29 is 9.59 Å². The molecule has 1 aromatic heterocycles. The molecule has 1 atom stereocenters. The van der Waals surface area contributed by atoms with Crippen LogP contribution < -0.4 is 0 Å². The zero-order valence-electron chi connectivity index (χ0n) is 10.7. The number of amides is 1. The normalized spacial score (nSPS) is 19.8. The van der Waals surface area contributed by atoms with Gasteiger partial charge in [-0.05, 0) is 37.6 Å². The van der Waals surface area contributed by atoms with Crippen LogP contribution >= 0.6 is 11.3 Å². The molecule has 1 amide bonds. The fourth-order valence-corrected chi connectivity index (χ4v) is 3.23. The molecule has 0 aromatic carbocycles. The summed E-state index contributed by atoms with van der Waals surface area (Å²) >= 11 is 1.62. The van der Waals surface area contributed by atoms with Crippen molar-refractivity contribution in [3.05, 3.63) is 22.4 Å². The summed E-state index contributed by atoms with van der Waals surface area (Å²) in [4.78, 5) is 26.6. The number of carbonyl (C=O) groups excluding carboxylic acids is 2. The van der Waals surface area contributed by atoms with Crippen LogP contribution in [0.15, 0.2) is 17.5 Å². The van der Waals surface area contributed by atoms with Crippen molar-refractivity contribution in [1.82, 2.24) is 4.90 Å². The largest absolute Gasteiger partial charge is 0.339 e. The molecule has 0 saturated carbocycles. The molecular weight excluding hydrogens is 246 g/mol. The van der Waals surface area contributed by atoms with E-state index in [1.807, 2.05) is 22.4 Å². The van der Waals surface area contributed by atoms with Crippen molar-refractivity contribution in [2.75, 3.05) is 6.54 Å². The second kappa shape index (κ2) is 6.14. The lowest BCUT2D eigenvalue weighted by Gasteiger charge is -2.35. The van der Waals surface area contributed by atoms with Crippen molar-refractivity contribution in [3.63, 3.8) is 0 Å². The van der Waals surface area contributed by atoms with E-state index in [4.69, 9.17) is 0 Å². The topological polar surface area (TPSA) is 37.4 Å². The van der Waals surface area contributed by atoms with Gasteiger partial charge in [0, 0.05) is 23.9 Å². The number of rotatable bonds is 4. The van der Waals surface area contributed by atoms with Crippen LogP contribution in [0.2, 0.25) is 0 Å². The predicted octanol–water partition coefficient (Wildman–Crippen LogP) is 2.65. The molecular formula is C14H19NO2S. The highest BCUT2D eigenvalue weighted by Gasteiger charge is 2.27. The Kier molecular flexibility index (Phi) is 4.53. The van der Waals surface area contributed by atoms with Gasteiger partial charge < -0.3 is 4.90 Å². The molecule has 1 aliphatic rings. The van der Waals surface area contributed by atoms with E-state index >= 15 is 0 Å². The minimum Gasteiger partial charge on any atom is -0.339 e. The summed E-state index contributed by atoms with van der Waals surface area (Å²) in [6, 6.07) is 4.09. The third-order valence-corrected chi connectivity index (χ3v) is 4.25. The number of Topliss-reactive ketones (excluding diaryl/α,β-unsaturated/α-hetero) is 1. The van der Waals surface area contributed by atoms with Gasteiger partial charge in [-0.2, -0.15) is 0 Å². The molecule has 1 aliphatic heterocycles. The highest BCUT2D eigenvalue weighted by Crippen LogP contribution is 2.21. The molecule has 1 fully saturated rings. The molecule has 0 bridgehead atoms. The Hall–Kier alpha value is -1.16. The van der Waals surface area contributed by atoms with E-state index in [0.29, 0.717) is 12.8 Å². The van der Waals surface area contributed by atoms with Gasteiger partial charge in [-0.25, -0.2) is 0 Å². The van der Waals surface area contributed by atoms with Crippen LogP contribution in [0, 0.1) is 0 Å². The molecule has 0 spiro atoms. The summed E-state index contributed by atoms with van der Waals surface area (Å²) in [6.07, 6.45) is 4.14. The lowest BCUT2D eigenvalue weighted by atomic mass is 9.97. The Labute approximate surface area is 112 Å². The van der Waals surface area contributed by atoms with E-state index in [9.17, 15) is 9.59 Å². The smallest absolute Gasteiger partial charge is 0.228 e. The van der Waals surface area contributed by atoms with Gasteiger partial charge in [0.15, 0.2) is 0 Å². The average Bonchev–Trinajstić information content (AvgIpc) is 2.81. The number of nitrogens with zero attached hydrogens (tertiary/aromatic N) is 1. The third-order valence-electron chi connectivity index (χ3n) is 3.38. The predicted molar refractivity (Wildman–Crippen MR) is 72.7 cm³/mol. The maximum Gasteiger partial charge on any atom is 0.228 e. The fourth-order valence-electron chi connectivity index (χ4n) is 2.54. The van der Waals surface area contributed by atoms with E-state index in [0.717, 1.165) is 30.7 Å². The maximum absolute atomic E-state index is 12.3. The Morgan fingerprint density at radius 2 is 2.28 bits per heavy atom. The van der Waals surface area contributed by atoms with Crippen molar-refractivity contribution in [2.45, 2.75) is 45.1 Å². The van der Waals surface area contributed by atoms with Crippen LogP contribution in [-0.4, -0.2) is 29.2 Å². The van der Waals surface area contributed by atoms with E-state index in [2.05, 4.69) is 0 Å². The maximum atomic E-state index is 12.3. The number of hydrogen-bond donors (Lipinski definition) is 0. The number of thiophene rings is 1. The highest BCUT2D eigenvalue weighted by atomic mass is 32.1. The van der Waals surface area contributed by atoms with Gasteiger partial charge in [0.25, 0.3) is 0 Å². The lowest BCUT2D eigenvalue weighted by Crippen LogP contribution is -2.45. The zero-order valence-corrected chi connectivity index (χ0v) is 11.5. The first-order valence-corrected chi connectivity index (χ1v) is 7.36. The first kappa shape index (κ1) is 13.3. The van der Waals surface area contributed by atoms with Crippen molar-refractivity contribution in [3.8, 4) is 0 Å². The molecule has 0 aliphatic carbocycles. The van der Waals surface area contributed by atoms with Crippen LogP contribution in [0.3, 0.4) is 0 Å². The van der Waals surface area contributed by atoms with Crippen molar-refractivity contribution in [2.24, 2.45) is 0 Å². The molecule has 3 nitrogen and oxygen atoms in total. The minimum absolute atomic E-state index is 0.128. The summed E-state index contributed by atoms with van der Waals surface area (Å²) in [5, 5.41) is 1.99. The molecule has 4 heteroatoms. The summed E-state index contributed by atoms with van der Waals surface area (Å²) in [5.41, 5.74) is 0. The SMILES string of the molecule is CC(=O)CC1CCCCN1C(=O)Cc1cccs1. The number of piperidine rings is 1. The Balaban J connectivity index is 1.99. The monoisotopic (exact) mass is 265 g/mol. The van der Waals surface area contributed by atoms with Crippen molar-refractivity contribution >= 4 is 23.0 Å². The first-order chi connectivity index (χ1) is 8.66. The second-order valence-electron chi connectivity index (χ2n) is 4.90. The summed E-state index contributed by atoms with van der Waals surface area (Å²) in [7, 11) is 0. The van der Waals surface area contributed by atoms with Crippen molar-refractivity contribution in [1.29, 1.82) is 0 Å². The number of hydrogen-bond acceptors (Lipinski definition) is 3. The average molecular weight is 265 g/mol. The molecule has 18 heavy (non-hydrogen) atoms. The Morgan fingerprint density at radius 3 is 2.94 bits per heavy atom. The van der Waals surface area contributed by atoms with E-state index in [-0.39, 0.29) is 17.7 Å². The van der Waals surface area contributed by atoms with Gasteiger partial charge in [0.1, 0.15) is 5.78 Å². The fraction of sp³-hybridized carbons (Fsp3) is 0.571. The standard InChI is InChI=1S/C14H19NO2S/c1-11(16)9-12-5-2-3-7-15(12)14(17)10-13-6-4-8-18-13/h4,6,8,12H,2-3,5,7,9-10H2,1H3. The zero-order chi connectivity index (χ0) is 13.0. The Bertz CT molecular complexity index is 413.